The summed E-state index contributed by atoms with van der Waals surface area (Å²) >= 11 is 0. The number of esters is 1. The Bertz CT molecular complexity index is 1490. The van der Waals surface area contributed by atoms with Crippen molar-refractivity contribution >= 4 is 17.2 Å². The van der Waals surface area contributed by atoms with Crippen molar-refractivity contribution in [2.75, 3.05) is 28.4 Å². The number of carbonyl (C=O) groups excluding carboxylic acids is 1. The van der Waals surface area contributed by atoms with Crippen molar-refractivity contribution in [1.29, 1.82) is 0 Å². The van der Waals surface area contributed by atoms with Gasteiger partial charge in [-0.2, -0.15) is 4.98 Å². The molecule has 40 heavy (non-hydrogen) atoms. The van der Waals surface area contributed by atoms with Gasteiger partial charge in [0.2, 0.25) is 0 Å². The first-order chi connectivity index (χ1) is 19.2. The zero-order chi connectivity index (χ0) is 29.0. The van der Waals surface area contributed by atoms with Crippen LogP contribution in [0.3, 0.4) is 0 Å². The number of nitro benzene ring substituents is 1. The van der Waals surface area contributed by atoms with Gasteiger partial charge in [-0.1, -0.05) is 23.4 Å². The number of ether oxygens (including phenoxy) is 3. The smallest absolute Gasteiger partial charge is 0.336 e. The fourth-order valence-corrected chi connectivity index (χ4v) is 4.82. The number of nitrogens with one attached hydrogen (secondary N) is 1. The van der Waals surface area contributed by atoms with E-state index in [1.54, 1.807) is 33.3 Å². The molecule has 3 aromatic rings. The van der Waals surface area contributed by atoms with Gasteiger partial charge in [-0.25, -0.2) is 4.79 Å². The van der Waals surface area contributed by atoms with Gasteiger partial charge >= 0.3 is 5.97 Å². The molecule has 1 aliphatic rings. The Labute approximate surface area is 231 Å². The lowest BCUT2D eigenvalue weighted by Crippen LogP contribution is -2.28. The summed E-state index contributed by atoms with van der Waals surface area (Å²) in [5.41, 5.74) is 3.51. The molecule has 0 fully saturated rings. The number of nitro groups is 1. The third kappa shape index (κ3) is 5.81. The van der Waals surface area contributed by atoms with Crippen LogP contribution in [-0.4, -0.2) is 54.3 Å². The van der Waals surface area contributed by atoms with Crippen LogP contribution in [0.15, 0.2) is 64.0 Å². The molecule has 210 valence electrons. The highest BCUT2D eigenvalue weighted by atomic mass is 16.6. The molecule has 1 aromatic heterocycles. The number of allylic oxidation sites excluding steroid dienone is 3. The summed E-state index contributed by atoms with van der Waals surface area (Å²) < 4.78 is 21.5. The highest BCUT2D eigenvalue weighted by molar-refractivity contribution is 5.96. The number of hydrogen-bond acceptors (Lipinski definition) is 11. The van der Waals surface area contributed by atoms with E-state index in [0.717, 1.165) is 5.56 Å². The van der Waals surface area contributed by atoms with Crippen molar-refractivity contribution in [3.05, 3.63) is 92.4 Å². The molecule has 1 N–H and O–H groups in total. The summed E-state index contributed by atoms with van der Waals surface area (Å²) in [6.45, 7) is 4.53. The zero-order valence-electron chi connectivity index (χ0n) is 23.2. The largest absolute Gasteiger partial charge is 0.493 e. The van der Waals surface area contributed by atoms with Gasteiger partial charge in [0.1, 0.15) is 0 Å². The van der Waals surface area contributed by atoms with Gasteiger partial charge in [-0.15, -0.1) is 0 Å². The summed E-state index contributed by atoms with van der Waals surface area (Å²) in [6, 6.07) is 11.8. The maximum Gasteiger partial charge on any atom is 0.336 e. The highest BCUT2D eigenvalue weighted by Gasteiger charge is 2.37. The topological polar surface area (TPSA) is 142 Å². The molecule has 0 spiro atoms. The normalized spacial score (nSPS) is 15.2. The van der Waals surface area contributed by atoms with Crippen LogP contribution in [0.4, 0.5) is 5.69 Å². The van der Waals surface area contributed by atoms with E-state index in [1.165, 1.54) is 19.2 Å². The Morgan fingerprint density at radius 3 is 2.50 bits per heavy atom. The van der Waals surface area contributed by atoms with E-state index < -0.39 is 16.8 Å². The zero-order valence-corrected chi connectivity index (χ0v) is 23.2. The molecule has 1 atom stereocenters. The van der Waals surface area contributed by atoms with E-state index >= 15 is 0 Å². The molecular formula is C28H31N5O7. The van der Waals surface area contributed by atoms with Crippen LogP contribution < -0.4 is 14.8 Å². The molecule has 2 heterocycles. The van der Waals surface area contributed by atoms with Gasteiger partial charge in [0.25, 0.3) is 11.6 Å². The van der Waals surface area contributed by atoms with E-state index in [-0.39, 0.29) is 11.6 Å². The predicted molar refractivity (Wildman–Crippen MR) is 145 cm³/mol. The Morgan fingerprint density at radius 2 is 1.82 bits per heavy atom. The van der Waals surface area contributed by atoms with Crippen molar-refractivity contribution in [3.8, 4) is 11.5 Å². The second kappa shape index (κ2) is 12.0. The molecule has 0 bridgehead atoms. The monoisotopic (exact) mass is 549 g/mol. The number of rotatable bonds is 10. The lowest BCUT2D eigenvalue weighted by molar-refractivity contribution is -0.384. The van der Waals surface area contributed by atoms with Crippen LogP contribution in [-0.2, 0) is 22.6 Å². The number of hydrogen-bond donors (Lipinski definition) is 1. The van der Waals surface area contributed by atoms with Crippen molar-refractivity contribution < 1.29 is 28.5 Å². The van der Waals surface area contributed by atoms with E-state index in [2.05, 4.69) is 15.5 Å². The Hall–Kier alpha value is -4.71. The van der Waals surface area contributed by atoms with Crippen LogP contribution in [0.1, 0.15) is 42.6 Å². The van der Waals surface area contributed by atoms with Gasteiger partial charge in [0, 0.05) is 35.6 Å². The Balaban J connectivity index is 1.65. The molecule has 1 unspecified atom stereocenters. The standard InChI is InChI=1S/C28H31N5O7/c1-16-24(26(25(17(2)29-16)28(34)39-6)19-8-7-9-20(13-19)33(35)36)27-30-23(31-40-27)15-32(3)14-18-10-11-21(37-4)22(12-18)38-5/h7-13,26,29H,14-15H2,1-6H3. The molecular weight excluding hydrogens is 518 g/mol. The van der Waals surface area contributed by atoms with E-state index in [0.29, 0.717) is 58.5 Å². The van der Waals surface area contributed by atoms with Gasteiger partial charge in [0.15, 0.2) is 17.3 Å². The number of methoxy groups -OCH3 is 3. The number of aromatic nitrogens is 2. The average Bonchev–Trinajstić information content (AvgIpc) is 3.39. The van der Waals surface area contributed by atoms with Crippen molar-refractivity contribution in [2.45, 2.75) is 32.9 Å². The fraction of sp³-hybridized carbons (Fsp3) is 0.321. The number of benzene rings is 2. The van der Waals surface area contributed by atoms with E-state index in [1.807, 2.05) is 37.1 Å². The summed E-state index contributed by atoms with van der Waals surface area (Å²) in [5.74, 6) is 0.619. The maximum absolute atomic E-state index is 12.9. The molecule has 0 aliphatic carbocycles. The second-order valence-electron chi connectivity index (χ2n) is 9.36. The molecule has 2 aromatic carbocycles. The van der Waals surface area contributed by atoms with Gasteiger partial charge in [0.05, 0.1) is 44.3 Å². The summed E-state index contributed by atoms with van der Waals surface area (Å²) in [4.78, 5) is 30.6. The van der Waals surface area contributed by atoms with Crippen molar-refractivity contribution in [2.24, 2.45) is 0 Å². The van der Waals surface area contributed by atoms with Crippen LogP contribution >= 0.6 is 0 Å². The lowest BCUT2D eigenvalue weighted by Gasteiger charge is -2.29. The lowest BCUT2D eigenvalue weighted by atomic mass is 9.80. The minimum absolute atomic E-state index is 0.0992. The van der Waals surface area contributed by atoms with E-state index in [4.69, 9.17) is 18.7 Å². The Morgan fingerprint density at radius 1 is 1.07 bits per heavy atom. The van der Waals surface area contributed by atoms with Gasteiger partial charge < -0.3 is 24.1 Å². The van der Waals surface area contributed by atoms with Crippen LogP contribution in [0, 0.1) is 10.1 Å². The summed E-state index contributed by atoms with van der Waals surface area (Å²) in [6.07, 6.45) is 0. The first kappa shape index (κ1) is 28.3. The molecule has 12 heteroatoms. The summed E-state index contributed by atoms with van der Waals surface area (Å²) in [7, 11) is 6.39. The van der Waals surface area contributed by atoms with Gasteiger partial charge in [-0.3, -0.25) is 15.0 Å². The molecule has 4 rings (SSSR count). The number of dihydropyridines is 1. The number of nitrogens with zero attached hydrogens (tertiary/aromatic N) is 4. The minimum Gasteiger partial charge on any atom is -0.493 e. The number of non-ortho nitro benzene ring substituents is 1. The third-order valence-electron chi connectivity index (χ3n) is 6.59. The third-order valence-corrected chi connectivity index (χ3v) is 6.59. The average molecular weight is 550 g/mol. The van der Waals surface area contributed by atoms with Crippen LogP contribution in [0.25, 0.3) is 5.57 Å². The first-order valence-electron chi connectivity index (χ1n) is 12.4. The first-order valence-corrected chi connectivity index (χ1v) is 12.4. The molecule has 12 nitrogen and oxygen atoms in total. The Kier molecular flexibility index (Phi) is 8.49. The SMILES string of the molecule is COC(=O)C1=C(C)NC(C)=C(c2nc(CN(C)Cc3ccc(OC)c(OC)c3)no2)C1c1cccc([N+](=O)[O-])c1. The minimum atomic E-state index is -0.730. The predicted octanol–water partition coefficient (Wildman–Crippen LogP) is 4.19. The molecule has 0 amide bonds. The van der Waals surface area contributed by atoms with E-state index in [9.17, 15) is 14.9 Å². The van der Waals surface area contributed by atoms with Crippen LogP contribution in [0.5, 0.6) is 11.5 Å². The molecule has 0 saturated carbocycles. The maximum atomic E-state index is 12.9. The number of carbonyl (C=O) groups is 1. The fourth-order valence-electron chi connectivity index (χ4n) is 4.82. The second-order valence-corrected chi connectivity index (χ2v) is 9.36. The molecule has 0 saturated heterocycles. The quantitative estimate of drug-likeness (QED) is 0.221. The molecule has 1 aliphatic heterocycles. The van der Waals surface area contributed by atoms with Crippen molar-refractivity contribution in [1.82, 2.24) is 20.4 Å². The van der Waals surface area contributed by atoms with Gasteiger partial charge in [-0.05, 0) is 44.2 Å². The highest BCUT2D eigenvalue weighted by Crippen LogP contribution is 2.43. The van der Waals surface area contributed by atoms with Crippen LogP contribution in [0.2, 0.25) is 0 Å². The van der Waals surface area contributed by atoms with Crippen molar-refractivity contribution in [3.63, 3.8) is 0 Å². The summed E-state index contributed by atoms with van der Waals surface area (Å²) in [5, 5.41) is 18.9. The molecule has 0 radical (unpaired) electrons.